The molecule has 0 spiro atoms. The average molecular weight is 151 g/mol. The van der Waals surface area contributed by atoms with Gasteiger partial charge in [0.2, 0.25) is 0 Å². The van der Waals surface area contributed by atoms with Gasteiger partial charge in [-0.25, -0.2) is 0 Å². The minimum Gasteiger partial charge on any atom is -0.501 e. The van der Waals surface area contributed by atoms with Crippen LogP contribution < -0.4 is 0 Å². The van der Waals surface area contributed by atoms with E-state index in [-0.39, 0.29) is 0 Å². The molecule has 0 unspecified atom stereocenters. The predicted molar refractivity (Wildman–Crippen MR) is 29.7 cm³/mol. The quantitative estimate of drug-likeness (QED) is 0.547. The fourth-order valence-electron chi connectivity index (χ4n) is 0.133. The maximum Gasteiger partial charge on any atom is 0.0897 e. The molecule has 0 heterocycles. The standard InChI is InChI=1S/C4H7BrO/c1-2-6-4-3-5/h3-4H,2H2,1H3/b4-3+. The van der Waals surface area contributed by atoms with Gasteiger partial charge in [0, 0.05) is 4.99 Å². The van der Waals surface area contributed by atoms with Crippen LogP contribution in [0.15, 0.2) is 11.2 Å². The minimum absolute atomic E-state index is 0.738. The van der Waals surface area contributed by atoms with Crippen LogP contribution >= 0.6 is 15.9 Å². The van der Waals surface area contributed by atoms with Crippen molar-refractivity contribution in [2.24, 2.45) is 0 Å². The maximum atomic E-state index is 4.76. The lowest BCUT2D eigenvalue weighted by Gasteiger charge is -1.86. The summed E-state index contributed by atoms with van der Waals surface area (Å²) in [7, 11) is 0. The van der Waals surface area contributed by atoms with Crippen molar-refractivity contribution in [1.82, 2.24) is 0 Å². The van der Waals surface area contributed by atoms with Crippen LogP contribution in [0.25, 0.3) is 0 Å². The molecule has 0 aliphatic rings. The largest absolute Gasteiger partial charge is 0.501 e. The maximum absolute atomic E-state index is 4.76. The van der Waals surface area contributed by atoms with Gasteiger partial charge in [-0.3, -0.25) is 0 Å². The van der Waals surface area contributed by atoms with Crippen molar-refractivity contribution in [3.05, 3.63) is 11.2 Å². The zero-order valence-electron chi connectivity index (χ0n) is 3.65. The summed E-state index contributed by atoms with van der Waals surface area (Å²) in [6.45, 7) is 2.68. The zero-order valence-corrected chi connectivity index (χ0v) is 5.23. The second-order valence-electron chi connectivity index (χ2n) is 0.717. The van der Waals surface area contributed by atoms with Gasteiger partial charge >= 0.3 is 0 Å². The third-order valence-electron chi connectivity index (χ3n) is 0.314. The molecule has 0 radical (unpaired) electrons. The molecule has 0 atom stereocenters. The lowest BCUT2D eigenvalue weighted by atomic mass is 10.9. The molecular formula is C4H7BrO. The predicted octanol–water partition coefficient (Wildman–Crippen LogP) is 1.89. The molecule has 36 valence electrons. The Morgan fingerprint density at radius 3 is 2.67 bits per heavy atom. The third-order valence-corrected chi connectivity index (χ3v) is 0.530. The Labute approximate surface area is 46.1 Å². The number of ether oxygens (including phenoxy) is 1. The highest BCUT2D eigenvalue weighted by atomic mass is 79.9. The van der Waals surface area contributed by atoms with Crippen LogP contribution in [0.3, 0.4) is 0 Å². The molecule has 1 nitrogen and oxygen atoms in total. The first-order chi connectivity index (χ1) is 2.91. The summed E-state index contributed by atoms with van der Waals surface area (Å²) in [5.41, 5.74) is 0. The molecule has 0 aliphatic carbocycles. The van der Waals surface area contributed by atoms with Crippen molar-refractivity contribution >= 4 is 15.9 Å². The molecule has 0 rings (SSSR count). The lowest BCUT2D eigenvalue weighted by molar-refractivity contribution is 0.270. The number of rotatable bonds is 2. The van der Waals surface area contributed by atoms with E-state index >= 15 is 0 Å². The summed E-state index contributed by atoms with van der Waals surface area (Å²) in [6, 6.07) is 0. The molecule has 0 saturated carbocycles. The van der Waals surface area contributed by atoms with E-state index < -0.39 is 0 Å². The Hall–Kier alpha value is 0.0200. The van der Waals surface area contributed by atoms with Crippen molar-refractivity contribution in [3.63, 3.8) is 0 Å². The van der Waals surface area contributed by atoms with Gasteiger partial charge in [0.05, 0.1) is 12.9 Å². The Kier molecular flexibility index (Phi) is 5.04. The molecule has 0 aromatic heterocycles. The molecule has 6 heavy (non-hydrogen) atoms. The topological polar surface area (TPSA) is 9.23 Å². The van der Waals surface area contributed by atoms with E-state index in [2.05, 4.69) is 15.9 Å². The van der Waals surface area contributed by atoms with Crippen molar-refractivity contribution < 1.29 is 4.74 Å². The monoisotopic (exact) mass is 150 g/mol. The van der Waals surface area contributed by atoms with Gasteiger partial charge in [0.1, 0.15) is 0 Å². The average Bonchev–Trinajstić information content (AvgIpc) is 1.61. The molecule has 0 N–H and O–H groups in total. The first-order valence-corrected chi connectivity index (χ1v) is 2.70. The summed E-state index contributed by atoms with van der Waals surface area (Å²) in [4.78, 5) is 1.68. The van der Waals surface area contributed by atoms with E-state index in [9.17, 15) is 0 Å². The molecular weight excluding hydrogens is 144 g/mol. The number of hydrogen-bond donors (Lipinski definition) is 0. The van der Waals surface area contributed by atoms with E-state index in [0.29, 0.717) is 0 Å². The normalized spacial score (nSPS) is 9.67. The summed E-state index contributed by atoms with van der Waals surface area (Å²) in [5, 5.41) is 0. The molecule has 0 saturated heterocycles. The zero-order chi connectivity index (χ0) is 4.83. The fraction of sp³-hybridized carbons (Fsp3) is 0.500. The van der Waals surface area contributed by atoms with Crippen LogP contribution in [-0.4, -0.2) is 6.61 Å². The molecule has 0 amide bonds. The SMILES string of the molecule is CCO/C=C/Br. The Morgan fingerprint density at radius 1 is 1.83 bits per heavy atom. The molecule has 0 bridgehead atoms. The van der Waals surface area contributed by atoms with Crippen molar-refractivity contribution in [2.75, 3.05) is 6.61 Å². The van der Waals surface area contributed by atoms with Gasteiger partial charge in [0.25, 0.3) is 0 Å². The van der Waals surface area contributed by atoms with Crippen LogP contribution in [0.4, 0.5) is 0 Å². The van der Waals surface area contributed by atoms with Crippen molar-refractivity contribution in [1.29, 1.82) is 0 Å². The van der Waals surface area contributed by atoms with Crippen molar-refractivity contribution in [2.45, 2.75) is 6.92 Å². The van der Waals surface area contributed by atoms with Crippen LogP contribution in [0, 0.1) is 0 Å². The van der Waals surface area contributed by atoms with Crippen LogP contribution in [0.1, 0.15) is 6.92 Å². The minimum atomic E-state index is 0.738. The Morgan fingerprint density at radius 2 is 2.50 bits per heavy atom. The Bertz CT molecular complexity index is 42.8. The summed E-state index contributed by atoms with van der Waals surface area (Å²) < 4.78 is 4.76. The molecule has 0 aromatic carbocycles. The molecule has 0 aliphatic heterocycles. The van der Waals surface area contributed by atoms with Gasteiger partial charge in [-0.05, 0) is 6.92 Å². The number of halogens is 1. The highest BCUT2D eigenvalue weighted by molar-refractivity contribution is 9.11. The van der Waals surface area contributed by atoms with Gasteiger partial charge in [-0.1, -0.05) is 15.9 Å². The summed E-state index contributed by atoms with van der Waals surface area (Å²) in [6.07, 6.45) is 1.60. The van der Waals surface area contributed by atoms with Crippen molar-refractivity contribution in [3.8, 4) is 0 Å². The summed E-state index contributed by atoms with van der Waals surface area (Å²) in [5.74, 6) is 0. The van der Waals surface area contributed by atoms with Gasteiger partial charge in [-0.15, -0.1) is 0 Å². The van der Waals surface area contributed by atoms with E-state index in [1.165, 1.54) is 0 Å². The highest BCUT2D eigenvalue weighted by Crippen LogP contribution is 1.81. The van der Waals surface area contributed by atoms with E-state index in [1.54, 1.807) is 11.2 Å². The highest BCUT2D eigenvalue weighted by Gasteiger charge is 1.60. The van der Waals surface area contributed by atoms with E-state index in [0.717, 1.165) is 6.61 Å². The van der Waals surface area contributed by atoms with E-state index in [4.69, 9.17) is 4.74 Å². The van der Waals surface area contributed by atoms with Crippen LogP contribution in [0.2, 0.25) is 0 Å². The van der Waals surface area contributed by atoms with Gasteiger partial charge in [0.15, 0.2) is 0 Å². The lowest BCUT2D eigenvalue weighted by Crippen LogP contribution is -1.73. The van der Waals surface area contributed by atoms with E-state index in [1.807, 2.05) is 6.92 Å². The second-order valence-corrected chi connectivity index (χ2v) is 1.25. The van der Waals surface area contributed by atoms with Crippen LogP contribution in [-0.2, 0) is 4.74 Å². The Balaban J connectivity index is 2.66. The first kappa shape index (κ1) is 6.02. The van der Waals surface area contributed by atoms with Crippen LogP contribution in [0.5, 0.6) is 0 Å². The molecule has 0 aromatic rings. The third kappa shape index (κ3) is 4.02. The second kappa shape index (κ2) is 5.02. The molecule has 0 fully saturated rings. The van der Waals surface area contributed by atoms with Gasteiger partial charge in [-0.2, -0.15) is 0 Å². The fourth-order valence-corrected chi connectivity index (χ4v) is 0.285. The van der Waals surface area contributed by atoms with Gasteiger partial charge < -0.3 is 4.74 Å². The number of hydrogen-bond acceptors (Lipinski definition) is 1. The molecule has 2 heteroatoms. The first-order valence-electron chi connectivity index (χ1n) is 1.78. The smallest absolute Gasteiger partial charge is 0.0897 e. The summed E-state index contributed by atoms with van der Waals surface area (Å²) >= 11 is 3.04.